The van der Waals surface area contributed by atoms with Crippen LogP contribution in [0.3, 0.4) is 0 Å². The Labute approximate surface area is 121 Å². The molecule has 1 aromatic heterocycles. The average molecular weight is 273 g/mol. The minimum Gasteiger partial charge on any atom is -0.461 e. The molecule has 1 N–H and O–H groups in total. The van der Waals surface area contributed by atoms with E-state index in [0.29, 0.717) is 6.04 Å². The molecule has 2 rings (SSSR count). The van der Waals surface area contributed by atoms with Gasteiger partial charge in [0.25, 0.3) is 0 Å². The van der Waals surface area contributed by atoms with Crippen molar-refractivity contribution >= 4 is 0 Å². The smallest absolute Gasteiger partial charge is 0.134 e. The van der Waals surface area contributed by atoms with E-state index in [1.165, 1.54) is 5.56 Å². The summed E-state index contributed by atoms with van der Waals surface area (Å²) < 4.78 is 11.2. The van der Waals surface area contributed by atoms with E-state index in [4.69, 9.17) is 9.15 Å². The summed E-state index contributed by atoms with van der Waals surface area (Å²) in [6.45, 7) is 2.87. The molecule has 0 bridgehead atoms. The van der Waals surface area contributed by atoms with Crippen LogP contribution in [0.15, 0.2) is 40.8 Å². The second-order valence-electron chi connectivity index (χ2n) is 5.06. The Morgan fingerprint density at radius 1 is 1.20 bits per heavy atom. The van der Waals surface area contributed by atoms with Crippen LogP contribution in [0.5, 0.6) is 0 Å². The fraction of sp³-hybridized carbons (Fsp3) is 0.412. The number of likely N-dealkylation sites (N-methyl/N-ethyl adjacent to an activating group) is 1. The van der Waals surface area contributed by atoms with E-state index in [9.17, 15) is 0 Å². The third-order valence-electron chi connectivity index (χ3n) is 3.52. The van der Waals surface area contributed by atoms with Crippen molar-refractivity contribution in [2.45, 2.75) is 25.8 Å². The number of hydrogen-bond donors (Lipinski definition) is 1. The van der Waals surface area contributed by atoms with Crippen molar-refractivity contribution in [1.29, 1.82) is 0 Å². The Bertz CT molecular complexity index is 533. The van der Waals surface area contributed by atoms with E-state index in [2.05, 4.69) is 42.6 Å². The Kier molecular flexibility index (Phi) is 5.39. The normalized spacial score (nSPS) is 12.6. The number of ether oxygens (including phenoxy) is 1. The van der Waals surface area contributed by atoms with Crippen molar-refractivity contribution in [3.63, 3.8) is 0 Å². The lowest BCUT2D eigenvalue weighted by atomic mass is 10.0. The molecule has 0 amide bonds. The number of methoxy groups -OCH3 is 1. The van der Waals surface area contributed by atoms with Gasteiger partial charge in [-0.3, -0.25) is 0 Å². The van der Waals surface area contributed by atoms with Crippen LogP contribution in [-0.4, -0.2) is 26.8 Å². The van der Waals surface area contributed by atoms with E-state index in [1.807, 2.05) is 13.1 Å². The summed E-state index contributed by atoms with van der Waals surface area (Å²) in [4.78, 5) is 0. The lowest BCUT2D eigenvalue weighted by Gasteiger charge is -2.08. The second kappa shape index (κ2) is 7.27. The predicted octanol–water partition coefficient (Wildman–Crippen LogP) is 3.29. The fourth-order valence-corrected chi connectivity index (χ4v) is 2.23. The van der Waals surface area contributed by atoms with E-state index >= 15 is 0 Å². The van der Waals surface area contributed by atoms with Gasteiger partial charge in [0, 0.05) is 25.1 Å². The first kappa shape index (κ1) is 14.8. The highest BCUT2D eigenvalue weighted by atomic mass is 16.5. The van der Waals surface area contributed by atoms with Crippen LogP contribution in [0.2, 0.25) is 0 Å². The topological polar surface area (TPSA) is 34.4 Å². The lowest BCUT2D eigenvalue weighted by molar-refractivity contribution is 0.202. The maximum absolute atomic E-state index is 5.98. The van der Waals surface area contributed by atoms with Gasteiger partial charge in [0.05, 0.1) is 6.61 Å². The molecule has 1 aromatic carbocycles. The minimum atomic E-state index is 0.415. The molecule has 3 heteroatoms. The van der Waals surface area contributed by atoms with Crippen LogP contribution in [0.4, 0.5) is 0 Å². The molecule has 20 heavy (non-hydrogen) atoms. The van der Waals surface area contributed by atoms with Gasteiger partial charge in [-0.2, -0.15) is 0 Å². The van der Waals surface area contributed by atoms with Gasteiger partial charge in [0.15, 0.2) is 0 Å². The van der Waals surface area contributed by atoms with E-state index in [0.717, 1.165) is 36.5 Å². The maximum Gasteiger partial charge on any atom is 0.134 e. The van der Waals surface area contributed by atoms with E-state index < -0.39 is 0 Å². The first-order chi connectivity index (χ1) is 9.74. The largest absolute Gasteiger partial charge is 0.461 e. The zero-order chi connectivity index (χ0) is 14.4. The molecule has 2 aromatic rings. The third-order valence-corrected chi connectivity index (χ3v) is 3.52. The number of furan rings is 1. The Balaban J connectivity index is 2.19. The summed E-state index contributed by atoms with van der Waals surface area (Å²) in [5, 5.41) is 3.23. The van der Waals surface area contributed by atoms with Crippen LogP contribution in [0, 0.1) is 0 Å². The van der Waals surface area contributed by atoms with Gasteiger partial charge in [-0.1, -0.05) is 24.3 Å². The Hall–Kier alpha value is -1.58. The summed E-state index contributed by atoms with van der Waals surface area (Å²) >= 11 is 0. The molecule has 0 radical (unpaired) electrons. The molecule has 0 saturated carbocycles. The summed E-state index contributed by atoms with van der Waals surface area (Å²) in [5.41, 5.74) is 2.42. The molecule has 0 spiro atoms. The average Bonchev–Trinajstić information content (AvgIpc) is 2.93. The van der Waals surface area contributed by atoms with Crippen LogP contribution >= 0.6 is 0 Å². The van der Waals surface area contributed by atoms with Crippen molar-refractivity contribution in [1.82, 2.24) is 5.32 Å². The SMILES string of the molecule is CNC(C)Cc1ccc(-c2ccccc2CCOC)o1. The summed E-state index contributed by atoms with van der Waals surface area (Å²) in [7, 11) is 3.70. The summed E-state index contributed by atoms with van der Waals surface area (Å²) in [6.07, 6.45) is 1.80. The third kappa shape index (κ3) is 3.71. The van der Waals surface area contributed by atoms with Gasteiger partial charge in [-0.15, -0.1) is 0 Å². The lowest BCUT2D eigenvalue weighted by Crippen LogP contribution is -2.23. The van der Waals surface area contributed by atoms with E-state index in [1.54, 1.807) is 7.11 Å². The van der Waals surface area contributed by atoms with Crippen LogP contribution in [0.1, 0.15) is 18.2 Å². The van der Waals surface area contributed by atoms with Gasteiger partial charge in [0.1, 0.15) is 11.5 Å². The van der Waals surface area contributed by atoms with Gasteiger partial charge >= 0.3 is 0 Å². The van der Waals surface area contributed by atoms with Gasteiger partial charge in [-0.05, 0) is 38.1 Å². The van der Waals surface area contributed by atoms with Crippen molar-refractivity contribution < 1.29 is 9.15 Å². The number of rotatable bonds is 7. The highest BCUT2D eigenvalue weighted by Gasteiger charge is 2.10. The molecular formula is C17H23NO2. The zero-order valence-corrected chi connectivity index (χ0v) is 12.5. The number of benzene rings is 1. The second-order valence-corrected chi connectivity index (χ2v) is 5.06. The maximum atomic E-state index is 5.98. The first-order valence-electron chi connectivity index (χ1n) is 7.07. The number of hydrogen-bond acceptors (Lipinski definition) is 3. The molecule has 0 aliphatic carbocycles. The molecule has 0 aliphatic rings. The minimum absolute atomic E-state index is 0.415. The summed E-state index contributed by atoms with van der Waals surface area (Å²) in [5.74, 6) is 1.96. The molecule has 1 heterocycles. The molecule has 0 fully saturated rings. The standard InChI is InChI=1S/C17H23NO2/c1-13(18-2)12-15-8-9-17(20-15)16-7-5-4-6-14(16)10-11-19-3/h4-9,13,18H,10-12H2,1-3H3. The predicted molar refractivity (Wildman–Crippen MR) is 81.9 cm³/mol. The quantitative estimate of drug-likeness (QED) is 0.840. The monoisotopic (exact) mass is 273 g/mol. The molecule has 0 aliphatic heterocycles. The van der Waals surface area contributed by atoms with Crippen LogP contribution in [-0.2, 0) is 17.6 Å². The van der Waals surface area contributed by atoms with Gasteiger partial charge < -0.3 is 14.5 Å². The first-order valence-corrected chi connectivity index (χ1v) is 7.07. The summed E-state index contributed by atoms with van der Waals surface area (Å²) in [6, 6.07) is 12.9. The number of nitrogens with one attached hydrogen (secondary N) is 1. The molecule has 1 atom stereocenters. The Morgan fingerprint density at radius 3 is 2.75 bits per heavy atom. The molecule has 108 valence electrons. The van der Waals surface area contributed by atoms with Crippen LogP contribution in [0.25, 0.3) is 11.3 Å². The van der Waals surface area contributed by atoms with Gasteiger partial charge in [-0.25, -0.2) is 0 Å². The van der Waals surface area contributed by atoms with Gasteiger partial charge in [0.2, 0.25) is 0 Å². The molecular weight excluding hydrogens is 250 g/mol. The van der Waals surface area contributed by atoms with Crippen molar-refractivity contribution in [3.05, 3.63) is 47.7 Å². The molecule has 1 unspecified atom stereocenters. The fourth-order valence-electron chi connectivity index (χ4n) is 2.23. The van der Waals surface area contributed by atoms with Crippen molar-refractivity contribution in [2.24, 2.45) is 0 Å². The van der Waals surface area contributed by atoms with Crippen molar-refractivity contribution in [2.75, 3.05) is 20.8 Å². The van der Waals surface area contributed by atoms with E-state index in [-0.39, 0.29) is 0 Å². The molecule has 3 nitrogen and oxygen atoms in total. The zero-order valence-electron chi connectivity index (χ0n) is 12.5. The van der Waals surface area contributed by atoms with Crippen molar-refractivity contribution in [3.8, 4) is 11.3 Å². The Morgan fingerprint density at radius 2 is 2.00 bits per heavy atom. The highest BCUT2D eigenvalue weighted by Crippen LogP contribution is 2.26. The van der Waals surface area contributed by atoms with Crippen LogP contribution < -0.4 is 5.32 Å². The molecule has 0 saturated heterocycles. The highest BCUT2D eigenvalue weighted by molar-refractivity contribution is 5.62.